The van der Waals surface area contributed by atoms with Gasteiger partial charge in [0.05, 0.1) is 13.1 Å². The molecule has 1 saturated carbocycles. The molecule has 1 aromatic heterocycles. The van der Waals surface area contributed by atoms with E-state index in [0.717, 1.165) is 17.7 Å². The molecule has 2 N–H and O–H groups in total. The van der Waals surface area contributed by atoms with Gasteiger partial charge in [-0.1, -0.05) is 6.07 Å². The lowest BCUT2D eigenvalue weighted by molar-refractivity contribution is -0.142. The molecule has 1 aliphatic rings. The molecule has 124 valence electrons. The predicted octanol–water partition coefficient (Wildman–Crippen LogP) is 2.44. The molecular formula is C14H21F3N4S. The second-order valence-corrected chi connectivity index (χ2v) is 6.47. The molecule has 1 aromatic rings. The molecule has 2 rings (SSSR count). The molecule has 1 heterocycles. The molecule has 0 radical (unpaired) electrons. The normalized spacial score (nSPS) is 16.1. The van der Waals surface area contributed by atoms with Crippen LogP contribution in [0.15, 0.2) is 22.5 Å². The molecule has 0 aliphatic heterocycles. The summed E-state index contributed by atoms with van der Waals surface area (Å²) < 4.78 is 36.8. The van der Waals surface area contributed by atoms with Crippen molar-refractivity contribution >= 4 is 17.3 Å². The maximum Gasteiger partial charge on any atom is 0.401 e. The van der Waals surface area contributed by atoms with Gasteiger partial charge < -0.3 is 10.6 Å². The van der Waals surface area contributed by atoms with E-state index in [4.69, 9.17) is 0 Å². The van der Waals surface area contributed by atoms with Crippen molar-refractivity contribution in [1.82, 2.24) is 15.5 Å². The second kappa shape index (κ2) is 7.82. The minimum Gasteiger partial charge on any atom is -0.355 e. The highest BCUT2D eigenvalue weighted by atomic mass is 32.1. The van der Waals surface area contributed by atoms with Gasteiger partial charge in [-0.3, -0.25) is 4.90 Å². The Morgan fingerprint density at radius 2 is 2.23 bits per heavy atom. The van der Waals surface area contributed by atoms with Crippen molar-refractivity contribution in [2.75, 3.05) is 26.7 Å². The zero-order valence-corrected chi connectivity index (χ0v) is 13.3. The highest BCUT2D eigenvalue weighted by Crippen LogP contribution is 2.18. The average molecular weight is 334 g/mol. The first-order valence-corrected chi connectivity index (χ1v) is 8.13. The summed E-state index contributed by atoms with van der Waals surface area (Å²) >= 11 is 1.64. The van der Waals surface area contributed by atoms with Crippen LogP contribution < -0.4 is 10.6 Å². The smallest absolute Gasteiger partial charge is 0.355 e. The van der Waals surface area contributed by atoms with Gasteiger partial charge >= 0.3 is 6.18 Å². The third kappa shape index (κ3) is 7.13. The van der Waals surface area contributed by atoms with Gasteiger partial charge in [-0.2, -0.15) is 13.2 Å². The summed E-state index contributed by atoms with van der Waals surface area (Å²) in [7, 11) is 1.46. The Labute approximate surface area is 132 Å². The van der Waals surface area contributed by atoms with Crippen LogP contribution in [-0.4, -0.2) is 49.8 Å². The van der Waals surface area contributed by atoms with Crippen molar-refractivity contribution in [3.8, 4) is 0 Å². The van der Waals surface area contributed by atoms with Crippen LogP contribution in [0.4, 0.5) is 13.2 Å². The fourth-order valence-corrected chi connectivity index (χ4v) is 2.51. The van der Waals surface area contributed by atoms with E-state index in [2.05, 4.69) is 15.6 Å². The van der Waals surface area contributed by atoms with Crippen LogP contribution in [0.5, 0.6) is 0 Å². The first-order chi connectivity index (χ1) is 10.4. The lowest BCUT2D eigenvalue weighted by atomic mass is 10.4. The zero-order chi connectivity index (χ0) is 16.0. The summed E-state index contributed by atoms with van der Waals surface area (Å²) in [5.41, 5.74) is 0. The van der Waals surface area contributed by atoms with Crippen LogP contribution in [0.3, 0.4) is 0 Å². The Bertz CT molecular complexity index is 469. The molecule has 8 heteroatoms. The van der Waals surface area contributed by atoms with Gasteiger partial charge in [-0.25, -0.2) is 4.99 Å². The number of guanidine groups is 1. The number of thiophene rings is 1. The molecule has 1 fully saturated rings. The number of nitrogens with one attached hydrogen (secondary N) is 2. The molecule has 0 amide bonds. The van der Waals surface area contributed by atoms with Crippen LogP contribution in [0.25, 0.3) is 0 Å². The predicted molar refractivity (Wildman–Crippen MR) is 83.2 cm³/mol. The summed E-state index contributed by atoms with van der Waals surface area (Å²) in [5.74, 6) is 0.677. The standard InChI is InChI=1S/C14H21F3N4S/c1-21(10-14(15,16)17)7-6-18-13(20-11-4-5-11)19-9-12-3-2-8-22-12/h2-3,8,11H,4-7,9-10H2,1H3,(H2,18,19,20). The van der Waals surface area contributed by atoms with Gasteiger partial charge in [-0.15, -0.1) is 11.3 Å². The maximum atomic E-state index is 12.3. The number of likely N-dealkylation sites (N-methyl/N-ethyl adjacent to an activating group) is 1. The van der Waals surface area contributed by atoms with E-state index in [0.29, 0.717) is 31.6 Å². The number of hydrogen-bond donors (Lipinski definition) is 2. The first-order valence-electron chi connectivity index (χ1n) is 7.25. The Kier molecular flexibility index (Phi) is 6.07. The van der Waals surface area contributed by atoms with E-state index >= 15 is 0 Å². The van der Waals surface area contributed by atoms with E-state index in [1.807, 2.05) is 17.5 Å². The highest BCUT2D eigenvalue weighted by Gasteiger charge is 2.29. The topological polar surface area (TPSA) is 39.7 Å². The Balaban J connectivity index is 1.75. The molecule has 1 aliphatic carbocycles. The number of rotatable bonds is 7. The third-order valence-corrected chi connectivity index (χ3v) is 3.99. The molecule has 0 bridgehead atoms. The SMILES string of the molecule is CN(CCNC(=NCc1cccs1)NC1CC1)CC(F)(F)F. The Morgan fingerprint density at radius 3 is 2.82 bits per heavy atom. The number of halogens is 3. The molecular weight excluding hydrogens is 313 g/mol. The van der Waals surface area contributed by atoms with Crippen molar-refractivity contribution in [2.45, 2.75) is 31.6 Å². The molecule has 0 atom stereocenters. The van der Waals surface area contributed by atoms with Crippen molar-refractivity contribution in [3.63, 3.8) is 0 Å². The third-order valence-electron chi connectivity index (χ3n) is 3.13. The van der Waals surface area contributed by atoms with Crippen LogP contribution in [0, 0.1) is 0 Å². The number of hydrogen-bond acceptors (Lipinski definition) is 3. The van der Waals surface area contributed by atoms with E-state index in [1.165, 1.54) is 11.9 Å². The van der Waals surface area contributed by atoms with Crippen molar-refractivity contribution in [3.05, 3.63) is 22.4 Å². The largest absolute Gasteiger partial charge is 0.401 e. The average Bonchev–Trinajstić information content (AvgIpc) is 3.06. The molecule has 0 saturated heterocycles. The van der Waals surface area contributed by atoms with Crippen molar-refractivity contribution in [1.29, 1.82) is 0 Å². The summed E-state index contributed by atoms with van der Waals surface area (Å²) in [5, 5.41) is 8.38. The summed E-state index contributed by atoms with van der Waals surface area (Å²) in [4.78, 5) is 6.89. The van der Waals surface area contributed by atoms with E-state index in [9.17, 15) is 13.2 Å². The second-order valence-electron chi connectivity index (χ2n) is 5.44. The van der Waals surface area contributed by atoms with Crippen LogP contribution in [0.1, 0.15) is 17.7 Å². The van der Waals surface area contributed by atoms with Crippen molar-refractivity contribution < 1.29 is 13.2 Å². The monoisotopic (exact) mass is 334 g/mol. The van der Waals surface area contributed by atoms with Crippen LogP contribution >= 0.6 is 11.3 Å². The number of aliphatic imine (C=N–C) groups is 1. The fraction of sp³-hybridized carbons (Fsp3) is 0.643. The first kappa shape index (κ1) is 17.1. The van der Waals surface area contributed by atoms with Gasteiger partial charge in [-0.05, 0) is 31.3 Å². The summed E-state index contributed by atoms with van der Waals surface area (Å²) in [6, 6.07) is 4.44. The molecule has 4 nitrogen and oxygen atoms in total. The molecule has 0 spiro atoms. The number of nitrogens with zero attached hydrogens (tertiary/aromatic N) is 2. The Morgan fingerprint density at radius 1 is 1.45 bits per heavy atom. The minimum atomic E-state index is -4.16. The number of alkyl halides is 3. The summed E-state index contributed by atoms with van der Waals surface area (Å²) in [6.45, 7) is 0.421. The Hall–Kier alpha value is -1.28. The van der Waals surface area contributed by atoms with Crippen LogP contribution in [-0.2, 0) is 6.54 Å². The van der Waals surface area contributed by atoms with E-state index in [-0.39, 0.29) is 0 Å². The lowest BCUT2D eigenvalue weighted by Gasteiger charge is -2.19. The molecule has 0 aromatic carbocycles. The molecule has 0 unspecified atom stereocenters. The zero-order valence-electron chi connectivity index (χ0n) is 12.5. The fourth-order valence-electron chi connectivity index (χ4n) is 1.88. The van der Waals surface area contributed by atoms with Crippen LogP contribution in [0.2, 0.25) is 0 Å². The van der Waals surface area contributed by atoms with E-state index in [1.54, 1.807) is 11.3 Å². The van der Waals surface area contributed by atoms with Crippen molar-refractivity contribution in [2.24, 2.45) is 4.99 Å². The maximum absolute atomic E-state index is 12.3. The van der Waals surface area contributed by atoms with Gasteiger partial charge in [0.1, 0.15) is 0 Å². The van der Waals surface area contributed by atoms with Gasteiger partial charge in [0.25, 0.3) is 0 Å². The van der Waals surface area contributed by atoms with Gasteiger partial charge in [0, 0.05) is 24.0 Å². The lowest BCUT2D eigenvalue weighted by Crippen LogP contribution is -2.43. The van der Waals surface area contributed by atoms with E-state index < -0.39 is 12.7 Å². The summed E-state index contributed by atoms with van der Waals surface area (Å²) in [6.07, 6.45) is -1.92. The van der Waals surface area contributed by atoms with Gasteiger partial charge in [0.2, 0.25) is 0 Å². The molecule has 22 heavy (non-hydrogen) atoms. The minimum absolute atomic E-state index is 0.309. The van der Waals surface area contributed by atoms with Gasteiger partial charge in [0.15, 0.2) is 5.96 Å². The highest BCUT2D eigenvalue weighted by molar-refractivity contribution is 7.09. The quantitative estimate of drug-likeness (QED) is 0.594.